The molecule has 6 nitrogen and oxygen atoms in total. The number of ether oxygens (including phenoxy) is 1. The summed E-state index contributed by atoms with van der Waals surface area (Å²) in [6, 6.07) is 12.7. The highest BCUT2D eigenvalue weighted by Gasteiger charge is 2.31. The van der Waals surface area contributed by atoms with E-state index in [1.54, 1.807) is 30.6 Å². The van der Waals surface area contributed by atoms with Gasteiger partial charge in [-0.2, -0.15) is 13.2 Å². The minimum atomic E-state index is -4.54. The maximum Gasteiger partial charge on any atom is 0.417 e. The number of nitrogens with one attached hydrogen (secondary N) is 1. The monoisotopic (exact) mass is 520 g/mol. The molecule has 0 radical (unpaired) electrons. The highest BCUT2D eigenvalue weighted by atomic mass is 19.4. The second-order valence-corrected chi connectivity index (χ2v) is 8.72. The number of methoxy groups -OCH3 is 1. The van der Waals surface area contributed by atoms with Crippen LogP contribution in [0.2, 0.25) is 0 Å². The summed E-state index contributed by atoms with van der Waals surface area (Å²) in [6.07, 6.45) is 0.214. The van der Waals surface area contributed by atoms with Crippen molar-refractivity contribution in [2.24, 2.45) is 0 Å². The van der Waals surface area contributed by atoms with Crippen molar-refractivity contribution in [3.05, 3.63) is 95.8 Å². The summed E-state index contributed by atoms with van der Waals surface area (Å²) < 4.78 is 58.9. The number of hydrogen-bond donors (Lipinski definition) is 1. The van der Waals surface area contributed by atoms with E-state index in [1.807, 2.05) is 18.2 Å². The number of ketones is 1. The number of halogens is 4. The van der Waals surface area contributed by atoms with E-state index < -0.39 is 17.6 Å². The zero-order chi connectivity index (χ0) is 26.9. The van der Waals surface area contributed by atoms with Crippen LogP contribution < -0.4 is 4.74 Å². The van der Waals surface area contributed by atoms with Crippen LogP contribution in [0.25, 0.3) is 33.4 Å². The van der Waals surface area contributed by atoms with E-state index in [9.17, 15) is 18.0 Å². The van der Waals surface area contributed by atoms with Gasteiger partial charge in [0, 0.05) is 71.5 Å². The molecule has 0 saturated carbocycles. The van der Waals surface area contributed by atoms with Gasteiger partial charge < -0.3 is 9.72 Å². The summed E-state index contributed by atoms with van der Waals surface area (Å²) in [4.78, 5) is 27.8. The highest BCUT2D eigenvalue weighted by Crippen LogP contribution is 2.31. The number of aromatic nitrogens is 4. The summed E-state index contributed by atoms with van der Waals surface area (Å²) in [7, 11) is 1.54. The van der Waals surface area contributed by atoms with Crippen LogP contribution in [0.4, 0.5) is 17.6 Å². The summed E-state index contributed by atoms with van der Waals surface area (Å²) in [5.74, 6) is -0.414. The molecule has 1 N–H and O–H groups in total. The van der Waals surface area contributed by atoms with Gasteiger partial charge in [-0.3, -0.25) is 9.78 Å². The van der Waals surface area contributed by atoms with Crippen LogP contribution >= 0.6 is 0 Å². The lowest BCUT2D eigenvalue weighted by atomic mass is 9.99. The van der Waals surface area contributed by atoms with E-state index in [1.165, 1.54) is 19.4 Å². The fourth-order valence-corrected chi connectivity index (χ4v) is 4.17. The molecular formula is C28H20F4N4O2. The summed E-state index contributed by atoms with van der Waals surface area (Å²) >= 11 is 0. The first-order valence-electron chi connectivity index (χ1n) is 11.5. The van der Waals surface area contributed by atoms with E-state index >= 15 is 4.39 Å². The van der Waals surface area contributed by atoms with Crippen molar-refractivity contribution in [1.29, 1.82) is 0 Å². The van der Waals surface area contributed by atoms with Crippen molar-refractivity contribution < 1.29 is 27.1 Å². The van der Waals surface area contributed by atoms with Gasteiger partial charge in [0.1, 0.15) is 17.2 Å². The van der Waals surface area contributed by atoms with E-state index in [2.05, 4.69) is 19.9 Å². The Balaban J connectivity index is 1.33. The third kappa shape index (κ3) is 5.39. The van der Waals surface area contributed by atoms with Gasteiger partial charge in [-0.1, -0.05) is 12.1 Å². The van der Waals surface area contributed by atoms with Gasteiger partial charge in [0.05, 0.1) is 12.7 Å². The van der Waals surface area contributed by atoms with Crippen LogP contribution in [0.1, 0.15) is 16.7 Å². The number of fused-ring (bicyclic) bond motifs is 1. The zero-order valence-electron chi connectivity index (χ0n) is 20.0. The zero-order valence-corrected chi connectivity index (χ0v) is 20.0. The van der Waals surface area contributed by atoms with Crippen LogP contribution in [0, 0.1) is 5.82 Å². The molecule has 0 fully saturated rings. The molecule has 0 atom stereocenters. The van der Waals surface area contributed by atoms with Crippen molar-refractivity contribution in [3.8, 4) is 28.3 Å². The molecule has 5 aromatic rings. The number of H-pyrrole nitrogens is 1. The molecule has 0 aliphatic rings. The maximum atomic E-state index is 15.0. The number of pyridine rings is 3. The molecular weight excluding hydrogens is 500 g/mol. The van der Waals surface area contributed by atoms with Crippen LogP contribution in [0.15, 0.2) is 73.3 Å². The molecule has 192 valence electrons. The average molecular weight is 520 g/mol. The van der Waals surface area contributed by atoms with Crippen molar-refractivity contribution in [2.45, 2.75) is 19.0 Å². The first-order valence-corrected chi connectivity index (χ1v) is 11.5. The van der Waals surface area contributed by atoms with Crippen LogP contribution in [-0.2, 0) is 23.8 Å². The Morgan fingerprint density at radius 1 is 0.921 bits per heavy atom. The lowest BCUT2D eigenvalue weighted by molar-refractivity contribution is -0.138. The third-order valence-electron chi connectivity index (χ3n) is 5.99. The lowest BCUT2D eigenvalue weighted by Crippen LogP contribution is -2.10. The van der Waals surface area contributed by atoms with Crippen molar-refractivity contribution in [3.63, 3.8) is 0 Å². The molecule has 0 unspecified atom stereocenters. The van der Waals surface area contributed by atoms with Crippen molar-refractivity contribution >= 4 is 16.8 Å². The number of aromatic amines is 1. The quantitative estimate of drug-likeness (QED) is 0.258. The molecule has 1 aromatic carbocycles. The average Bonchev–Trinajstić information content (AvgIpc) is 3.32. The van der Waals surface area contributed by atoms with Gasteiger partial charge >= 0.3 is 6.18 Å². The Kier molecular flexibility index (Phi) is 6.62. The minimum absolute atomic E-state index is 0.124. The Morgan fingerprint density at radius 3 is 2.50 bits per heavy atom. The van der Waals surface area contributed by atoms with E-state index in [4.69, 9.17) is 4.74 Å². The molecule has 38 heavy (non-hydrogen) atoms. The van der Waals surface area contributed by atoms with Crippen LogP contribution in [0.5, 0.6) is 5.88 Å². The second-order valence-electron chi connectivity index (χ2n) is 8.72. The SMILES string of the molecule is COc1cc(-c2cc3cc(-c4ccc(CC(=O)Cc5cncc(C(F)(F)F)c5)cc4F)cnc3[nH]2)ccn1. The predicted molar refractivity (Wildman–Crippen MR) is 133 cm³/mol. The number of alkyl halides is 3. The fraction of sp³-hybridized carbons (Fsp3) is 0.143. The van der Waals surface area contributed by atoms with Crippen LogP contribution in [0.3, 0.4) is 0 Å². The summed E-state index contributed by atoms with van der Waals surface area (Å²) in [5, 5.41) is 0.779. The number of rotatable bonds is 7. The van der Waals surface area contributed by atoms with Crippen LogP contribution in [-0.4, -0.2) is 32.8 Å². The normalized spacial score (nSPS) is 11.6. The summed E-state index contributed by atoms with van der Waals surface area (Å²) in [6.45, 7) is 0. The number of Topliss-reactive ketones (excluding diaryl/α,β-unsaturated/α-hetero) is 1. The molecule has 4 heterocycles. The Morgan fingerprint density at radius 2 is 1.74 bits per heavy atom. The molecule has 0 aliphatic carbocycles. The van der Waals surface area contributed by atoms with E-state index in [0.29, 0.717) is 34.4 Å². The Bertz CT molecular complexity index is 1650. The highest BCUT2D eigenvalue weighted by molar-refractivity contribution is 5.87. The topological polar surface area (TPSA) is 80.8 Å². The van der Waals surface area contributed by atoms with Crippen molar-refractivity contribution in [2.75, 3.05) is 7.11 Å². The van der Waals surface area contributed by atoms with Gasteiger partial charge in [0.2, 0.25) is 5.88 Å². The van der Waals surface area contributed by atoms with Gasteiger partial charge in [-0.05, 0) is 41.5 Å². The largest absolute Gasteiger partial charge is 0.481 e. The standard InChI is InChI=1S/C28H20F4N4O2/c1-38-26-12-18(4-5-34-26)25-11-19-10-20(14-35-27(19)36-25)23-3-2-16(9-24(23)29)7-22(37)8-17-6-21(15-33-13-17)28(30,31)32/h2-6,9-15H,7-8H2,1H3,(H,35,36). The molecule has 0 saturated heterocycles. The smallest absolute Gasteiger partial charge is 0.417 e. The number of benzene rings is 1. The fourth-order valence-electron chi connectivity index (χ4n) is 4.17. The van der Waals surface area contributed by atoms with Gasteiger partial charge in [0.15, 0.2) is 0 Å². The van der Waals surface area contributed by atoms with E-state index in [-0.39, 0.29) is 24.2 Å². The number of hydrogen-bond acceptors (Lipinski definition) is 5. The Hall–Kier alpha value is -4.60. The molecule has 4 aromatic heterocycles. The Labute approximate surface area is 214 Å². The third-order valence-corrected chi connectivity index (χ3v) is 5.99. The maximum absolute atomic E-state index is 15.0. The lowest BCUT2D eigenvalue weighted by Gasteiger charge is -2.09. The minimum Gasteiger partial charge on any atom is -0.481 e. The number of carbonyl (C=O) groups excluding carboxylic acids is 1. The first-order chi connectivity index (χ1) is 18.2. The van der Waals surface area contributed by atoms with Gasteiger partial charge in [-0.25, -0.2) is 14.4 Å². The molecule has 0 amide bonds. The number of carbonyl (C=O) groups is 1. The second kappa shape index (κ2) is 10.0. The predicted octanol–water partition coefficient (Wildman–Crippen LogP) is 6.21. The molecule has 10 heteroatoms. The van der Waals surface area contributed by atoms with E-state index in [0.717, 1.165) is 22.7 Å². The molecule has 0 aliphatic heterocycles. The first kappa shape index (κ1) is 25.1. The molecule has 0 spiro atoms. The summed E-state index contributed by atoms with van der Waals surface area (Å²) in [5.41, 5.74) is 2.81. The molecule has 0 bridgehead atoms. The molecule has 5 rings (SSSR count). The van der Waals surface area contributed by atoms with Crippen molar-refractivity contribution in [1.82, 2.24) is 19.9 Å². The van der Waals surface area contributed by atoms with Gasteiger partial charge in [0.25, 0.3) is 0 Å². The van der Waals surface area contributed by atoms with Gasteiger partial charge in [-0.15, -0.1) is 0 Å². The number of nitrogens with zero attached hydrogens (tertiary/aromatic N) is 3.